The molecule has 0 amide bonds. The minimum absolute atomic E-state index is 0.174. The van der Waals surface area contributed by atoms with Crippen LogP contribution >= 0.6 is 31.9 Å². The van der Waals surface area contributed by atoms with Gasteiger partial charge in [0.1, 0.15) is 0 Å². The Balaban J connectivity index is 2.55. The van der Waals surface area contributed by atoms with Gasteiger partial charge in [-0.15, -0.1) is 0 Å². The number of carbonyl (C=O) groups is 2. The molecule has 4 heteroatoms. The minimum atomic E-state index is -0.208. The van der Waals surface area contributed by atoms with Crippen molar-refractivity contribution in [1.82, 2.24) is 0 Å². The summed E-state index contributed by atoms with van der Waals surface area (Å²) >= 11 is 6.27. The van der Waals surface area contributed by atoms with E-state index in [4.69, 9.17) is 0 Å². The van der Waals surface area contributed by atoms with Crippen molar-refractivity contribution in [3.63, 3.8) is 0 Å². The van der Waals surface area contributed by atoms with Crippen molar-refractivity contribution in [3.05, 3.63) is 50.4 Å². The topological polar surface area (TPSA) is 34.1 Å². The number of halogens is 2. The lowest BCUT2D eigenvalue weighted by Gasteiger charge is -2.12. The highest BCUT2D eigenvalue weighted by Crippen LogP contribution is 2.32. The molecule has 0 saturated heterocycles. The Labute approximate surface area is 116 Å². The first kappa shape index (κ1) is 12.5. The van der Waals surface area contributed by atoms with Gasteiger partial charge in [0.15, 0.2) is 5.78 Å². The van der Waals surface area contributed by atoms with E-state index in [-0.39, 0.29) is 16.0 Å². The smallest absolute Gasteiger partial charge is 0.207 e. The number of ketones is 2. The van der Waals surface area contributed by atoms with Gasteiger partial charge in [0.2, 0.25) is 5.78 Å². The molecule has 0 heterocycles. The molecule has 86 valence electrons. The molecule has 17 heavy (non-hydrogen) atoms. The zero-order chi connectivity index (χ0) is 12.6. The maximum Gasteiger partial charge on any atom is 0.207 e. The van der Waals surface area contributed by atoms with Gasteiger partial charge in [0, 0.05) is 11.6 Å². The number of benzene rings is 1. The fourth-order valence-corrected chi connectivity index (χ4v) is 2.88. The van der Waals surface area contributed by atoms with Crippen LogP contribution in [-0.4, -0.2) is 11.6 Å². The van der Waals surface area contributed by atoms with Crippen LogP contribution < -0.4 is 0 Å². The van der Waals surface area contributed by atoms with Crippen molar-refractivity contribution in [1.29, 1.82) is 0 Å². The molecule has 0 spiro atoms. The van der Waals surface area contributed by atoms with E-state index in [1.54, 1.807) is 0 Å². The Morgan fingerprint density at radius 2 is 1.59 bits per heavy atom. The highest BCUT2D eigenvalue weighted by molar-refractivity contribution is 9.13. The Bertz CT molecular complexity index is 566. The highest BCUT2D eigenvalue weighted by Gasteiger charge is 2.26. The number of aryl methyl sites for hydroxylation is 1. The van der Waals surface area contributed by atoms with Crippen LogP contribution in [0.1, 0.15) is 11.1 Å². The number of Topliss-reactive ketones (excluding diaryl/α,β-unsaturated/α-hetero) is 1. The monoisotopic (exact) mass is 354 g/mol. The van der Waals surface area contributed by atoms with Crippen LogP contribution in [0.4, 0.5) is 0 Å². The molecule has 0 unspecified atom stereocenters. The van der Waals surface area contributed by atoms with Crippen LogP contribution in [0.25, 0.3) is 5.57 Å². The van der Waals surface area contributed by atoms with Crippen molar-refractivity contribution in [2.24, 2.45) is 0 Å². The van der Waals surface area contributed by atoms with Crippen LogP contribution in [0.15, 0.2) is 39.3 Å². The van der Waals surface area contributed by atoms with Crippen molar-refractivity contribution in [3.8, 4) is 0 Å². The first-order chi connectivity index (χ1) is 8.00. The van der Waals surface area contributed by atoms with Gasteiger partial charge in [-0.3, -0.25) is 9.59 Å². The van der Waals surface area contributed by atoms with Gasteiger partial charge in [-0.2, -0.15) is 0 Å². The van der Waals surface area contributed by atoms with Crippen LogP contribution in [0.3, 0.4) is 0 Å². The SMILES string of the molecule is Cc1ccc(C2=C(Br)C(=O)C(Br)=CC2=O)cc1. The summed E-state index contributed by atoms with van der Waals surface area (Å²) in [6.07, 6.45) is 1.31. The van der Waals surface area contributed by atoms with E-state index in [0.717, 1.165) is 11.1 Å². The predicted octanol–water partition coefficient (Wildman–Crippen LogP) is 3.53. The van der Waals surface area contributed by atoms with Crippen molar-refractivity contribution < 1.29 is 9.59 Å². The van der Waals surface area contributed by atoms with Gasteiger partial charge in [-0.25, -0.2) is 0 Å². The van der Waals surface area contributed by atoms with E-state index in [9.17, 15) is 9.59 Å². The largest absolute Gasteiger partial charge is 0.289 e. The zero-order valence-electron chi connectivity index (χ0n) is 8.96. The molecule has 1 aromatic carbocycles. The number of allylic oxidation sites excluding steroid dienone is 4. The lowest BCUT2D eigenvalue weighted by molar-refractivity contribution is -0.113. The third-order valence-electron chi connectivity index (χ3n) is 2.48. The standard InChI is InChI=1S/C13H8Br2O2/c1-7-2-4-8(5-3-7)11-10(16)6-9(14)13(17)12(11)15/h2-6H,1H3. The number of carbonyl (C=O) groups excluding carboxylic acids is 2. The van der Waals surface area contributed by atoms with Crippen LogP contribution in [0, 0.1) is 6.92 Å². The Morgan fingerprint density at radius 1 is 1.00 bits per heavy atom. The lowest BCUT2D eigenvalue weighted by Crippen LogP contribution is -2.13. The maximum absolute atomic E-state index is 11.9. The Kier molecular flexibility index (Phi) is 3.45. The summed E-state index contributed by atoms with van der Waals surface area (Å²) in [7, 11) is 0. The third-order valence-corrected chi connectivity index (χ3v) is 3.83. The summed E-state index contributed by atoms with van der Waals surface area (Å²) in [4.78, 5) is 23.6. The molecule has 0 aromatic heterocycles. The number of rotatable bonds is 1. The third kappa shape index (κ3) is 2.33. The molecule has 0 aliphatic heterocycles. The fraction of sp³-hybridized carbons (Fsp3) is 0.0769. The summed E-state index contributed by atoms with van der Waals surface area (Å²) in [6, 6.07) is 7.50. The molecule has 1 aromatic rings. The molecular formula is C13H8Br2O2. The second-order valence-electron chi connectivity index (χ2n) is 3.74. The van der Waals surface area contributed by atoms with Crippen LogP contribution in [0.2, 0.25) is 0 Å². The molecule has 0 saturated carbocycles. The second kappa shape index (κ2) is 4.70. The van der Waals surface area contributed by atoms with Crippen LogP contribution in [0.5, 0.6) is 0 Å². The average Bonchev–Trinajstić information content (AvgIpc) is 2.29. The first-order valence-corrected chi connectivity index (χ1v) is 6.52. The van der Waals surface area contributed by atoms with Gasteiger partial charge >= 0.3 is 0 Å². The Morgan fingerprint density at radius 3 is 2.18 bits per heavy atom. The van der Waals surface area contributed by atoms with E-state index < -0.39 is 0 Å². The van der Waals surface area contributed by atoms with E-state index in [1.807, 2.05) is 31.2 Å². The molecule has 0 atom stereocenters. The summed E-state index contributed by atoms with van der Waals surface area (Å²) in [5, 5.41) is 0. The number of hydrogen-bond donors (Lipinski definition) is 0. The summed E-state index contributed by atoms with van der Waals surface area (Å²) in [5.74, 6) is -0.382. The van der Waals surface area contributed by atoms with Crippen molar-refractivity contribution >= 4 is 49.0 Å². The summed E-state index contributed by atoms with van der Waals surface area (Å²) < 4.78 is 0.589. The summed E-state index contributed by atoms with van der Waals surface area (Å²) in [6.45, 7) is 1.97. The zero-order valence-corrected chi connectivity index (χ0v) is 12.1. The van der Waals surface area contributed by atoms with Gasteiger partial charge in [-0.05, 0) is 44.3 Å². The van der Waals surface area contributed by atoms with Crippen molar-refractivity contribution in [2.45, 2.75) is 6.92 Å². The van der Waals surface area contributed by atoms with Gasteiger partial charge < -0.3 is 0 Å². The maximum atomic E-state index is 11.9. The minimum Gasteiger partial charge on any atom is -0.289 e. The van der Waals surface area contributed by atoms with E-state index >= 15 is 0 Å². The lowest BCUT2D eigenvalue weighted by atomic mass is 9.96. The quantitative estimate of drug-likeness (QED) is 0.722. The normalized spacial score (nSPS) is 16.3. The molecule has 0 fully saturated rings. The molecule has 0 bridgehead atoms. The number of hydrogen-bond acceptors (Lipinski definition) is 2. The second-order valence-corrected chi connectivity index (χ2v) is 5.39. The van der Waals surface area contributed by atoms with Crippen molar-refractivity contribution in [2.75, 3.05) is 0 Å². The average molecular weight is 356 g/mol. The molecule has 2 rings (SSSR count). The predicted molar refractivity (Wildman–Crippen MR) is 74.1 cm³/mol. The molecule has 0 N–H and O–H groups in total. The van der Waals surface area contributed by atoms with E-state index in [1.165, 1.54) is 6.08 Å². The molecule has 0 radical (unpaired) electrons. The van der Waals surface area contributed by atoms with E-state index in [2.05, 4.69) is 31.9 Å². The van der Waals surface area contributed by atoms with Gasteiger partial charge in [0.25, 0.3) is 0 Å². The van der Waals surface area contributed by atoms with E-state index in [0.29, 0.717) is 10.1 Å². The first-order valence-electron chi connectivity index (χ1n) is 4.93. The molecular weight excluding hydrogens is 348 g/mol. The Hall–Kier alpha value is -1.00. The fourth-order valence-electron chi connectivity index (χ4n) is 1.57. The highest BCUT2D eigenvalue weighted by atomic mass is 79.9. The molecule has 2 nitrogen and oxygen atoms in total. The van der Waals surface area contributed by atoms with Crippen LogP contribution in [-0.2, 0) is 9.59 Å². The van der Waals surface area contributed by atoms with Gasteiger partial charge in [0.05, 0.1) is 8.96 Å². The van der Waals surface area contributed by atoms with Gasteiger partial charge in [-0.1, -0.05) is 29.8 Å². The molecule has 1 aliphatic carbocycles. The molecule has 1 aliphatic rings. The summed E-state index contributed by atoms with van der Waals surface area (Å²) in [5.41, 5.74) is 2.27.